The van der Waals surface area contributed by atoms with Gasteiger partial charge in [0.1, 0.15) is 0 Å². The van der Waals surface area contributed by atoms with Crippen LogP contribution in [0.4, 0.5) is 0 Å². The Labute approximate surface area is 156 Å². The zero-order valence-electron chi connectivity index (χ0n) is 13.8. The Morgan fingerprint density at radius 2 is 1.81 bits per heavy atom. The summed E-state index contributed by atoms with van der Waals surface area (Å²) in [6, 6.07) is 14.8. The van der Waals surface area contributed by atoms with Crippen LogP contribution in [-0.4, -0.2) is 25.6 Å². The largest absolute Gasteiger partial charge is 0.366 e. The third-order valence-electron chi connectivity index (χ3n) is 3.90. The van der Waals surface area contributed by atoms with Crippen molar-refractivity contribution in [2.45, 2.75) is 4.90 Å². The fourth-order valence-corrected chi connectivity index (χ4v) is 3.48. The number of carbonyl (C=O) groups is 1. The van der Waals surface area contributed by atoms with Gasteiger partial charge in [-0.15, -0.1) is 0 Å². The highest BCUT2D eigenvalue weighted by molar-refractivity contribution is 7.90. The Bertz CT molecular complexity index is 1100. The monoisotopic (exact) mass is 386 g/mol. The number of halogens is 1. The zero-order valence-corrected chi connectivity index (χ0v) is 15.4. The lowest BCUT2D eigenvalue weighted by molar-refractivity contribution is 0.100. The van der Waals surface area contributed by atoms with E-state index in [4.69, 9.17) is 17.3 Å². The summed E-state index contributed by atoms with van der Waals surface area (Å²) in [5.41, 5.74) is 8.07. The van der Waals surface area contributed by atoms with Gasteiger partial charge in [-0.25, -0.2) is 8.42 Å². The molecule has 5 nitrogen and oxygen atoms in total. The zero-order chi connectivity index (χ0) is 18.9. The Kier molecular flexibility index (Phi) is 4.80. The van der Waals surface area contributed by atoms with Gasteiger partial charge in [-0.05, 0) is 53.6 Å². The normalized spacial score (nSPS) is 11.3. The predicted octanol–water partition coefficient (Wildman–Crippen LogP) is 3.57. The average molecular weight is 387 g/mol. The van der Waals surface area contributed by atoms with Crippen LogP contribution in [0, 0.1) is 0 Å². The van der Waals surface area contributed by atoms with Crippen molar-refractivity contribution >= 4 is 27.3 Å². The molecule has 26 heavy (non-hydrogen) atoms. The molecule has 0 unspecified atom stereocenters. The molecule has 0 saturated heterocycles. The SMILES string of the molecule is CS(=O)(=O)c1ccc(C(N)=O)c(-c2ccc(Cl)c(-c3ccccn3)c2)c1. The summed E-state index contributed by atoms with van der Waals surface area (Å²) in [7, 11) is -3.44. The summed E-state index contributed by atoms with van der Waals surface area (Å²) in [6.07, 6.45) is 2.76. The fraction of sp³-hybridized carbons (Fsp3) is 0.0526. The van der Waals surface area contributed by atoms with Gasteiger partial charge in [0.05, 0.1) is 10.6 Å². The van der Waals surface area contributed by atoms with Gasteiger partial charge < -0.3 is 5.73 Å². The smallest absolute Gasteiger partial charge is 0.249 e. The van der Waals surface area contributed by atoms with Crippen LogP contribution in [0.2, 0.25) is 5.02 Å². The van der Waals surface area contributed by atoms with Crippen LogP contribution >= 0.6 is 11.6 Å². The highest BCUT2D eigenvalue weighted by Crippen LogP contribution is 2.33. The molecular formula is C19H15ClN2O3S. The van der Waals surface area contributed by atoms with Crippen LogP contribution in [-0.2, 0) is 9.84 Å². The number of carbonyl (C=O) groups excluding carboxylic acids is 1. The van der Waals surface area contributed by atoms with Crippen LogP contribution in [0.3, 0.4) is 0 Å². The number of primary amides is 1. The maximum atomic E-state index is 11.9. The molecule has 0 spiro atoms. The lowest BCUT2D eigenvalue weighted by Crippen LogP contribution is -2.13. The van der Waals surface area contributed by atoms with Crippen molar-refractivity contribution in [2.24, 2.45) is 5.73 Å². The molecule has 7 heteroatoms. The van der Waals surface area contributed by atoms with Gasteiger partial charge in [-0.2, -0.15) is 0 Å². The fourth-order valence-electron chi connectivity index (χ4n) is 2.62. The van der Waals surface area contributed by atoms with Crippen molar-refractivity contribution < 1.29 is 13.2 Å². The van der Waals surface area contributed by atoms with Gasteiger partial charge in [0, 0.05) is 28.6 Å². The number of sulfone groups is 1. The number of nitrogens with zero attached hydrogens (tertiary/aromatic N) is 1. The molecule has 0 fully saturated rings. The number of hydrogen-bond donors (Lipinski definition) is 1. The van der Waals surface area contributed by atoms with Gasteiger partial charge in [0.25, 0.3) is 0 Å². The molecule has 0 aliphatic carbocycles. The molecule has 0 radical (unpaired) electrons. The van der Waals surface area contributed by atoms with Crippen molar-refractivity contribution in [1.29, 1.82) is 0 Å². The van der Waals surface area contributed by atoms with Crippen molar-refractivity contribution in [2.75, 3.05) is 6.26 Å². The Hall–Kier alpha value is -2.70. The topological polar surface area (TPSA) is 90.1 Å². The van der Waals surface area contributed by atoms with Crippen molar-refractivity contribution in [3.8, 4) is 22.4 Å². The van der Waals surface area contributed by atoms with E-state index < -0.39 is 15.7 Å². The van der Waals surface area contributed by atoms with Crippen LogP contribution in [0.5, 0.6) is 0 Å². The summed E-state index contributed by atoms with van der Waals surface area (Å²) < 4.78 is 23.8. The number of amides is 1. The average Bonchev–Trinajstić information content (AvgIpc) is 2.61. The molecule has 0 bridgehead atoms. The van der Waals surface area contributed by atoms with E-state index in [9.17, 15) is 13.2 Å². The van der Waals surface area contributed by atoms with Crippen LogP contribution in [0.15, 0.2) is 65.7 Å². The standard InChI is InChI=1S/C19H15ClN2O3S/c1-26(24,25)13-6-7-14(19(21)23)15(11-13)12-5-8-17(20)16(10-12)18-4-2-3-9-22-18/h2-11H,1H3,(H2,21,23). The number of benzene rings is 2. The minimum atomic E-state index is -3.44. The second kappa shape index (κ2) is 6.90. The molecule has 132 valence electrons. The lowest BCUT2D eigenvalue weighted by Gasteiger charge is -2.12. The number of nitrogens with two attached hydrogens (primary N) is 1. The summed E-state index contributed by atoms with van der Waals surface area (Å²) in [5.74, 6) is -0.644. The van der Waals surface area contributed by atoms with Gasteiger partial charge in [0.15, 0.2) is 9.84 Å². The summed E-state index contributed by atoms with van der Waals surface area (Å²) >= 11 is 6.30. The van der Waals surface area contributed by atoms with Crippen molar-refractivity contribution in [3.63, 3.8) is 0 Å². The lowest BCUT2D eigenvalue weighted by atomic mass is 9.97. The molecule has 0 saturated carbocycles. The van der Waals surface area contributed by atoms with Crippen molar-refractivity contribution in [3.05, 3.63) is 71.4 Å². The Balaban J connectivity index is 2.25. The van der Waals surface area contributed by atoms with E-state index >= 15 is 0 Å². The maximum absolute atomic E-state index is 11.9. The summed E-state index contributed by atoms with van der Waals surface area (Å²) in [5, 5.41) is 0.493. The van der Waals surface area contributed by atoms with E-state index in [-0.39, 0.29) is 10.5 Å². The predicted molar refractivity (Wildman–Crippen MR) is 102 cm³/mol. The molecule has 2 N–H and O–H groups in total. The highest BCUT2D eigenvalue weighted by atomic mass is 35.5. The molecule has 3 aromatic rings. The number of rotatable bonds is 4. The van der Waals surface area contributed by atoms with Gasteiger partial charge in [-0.1, -0.05) is 23.7 Å². The van der Waals surface area contributed by atoms with E-state index in [2.05, 4.69) is 4.98 Å². The highest BCUT2D eigenvalue weighted by Gasteiger charge is 2.16. The third kappa shape index (κ3) is 3.61. The first-order valence-corrected chi connectivity index (χ1v) is 9.89. The Morgan fingerprint density at radius 1 is 1.04 bits per heavy atom. The minimum Gasteiger partial charge on any atom is -0.366 e. The second-order valence-electron chi connectivity index (χ2n) is 5.75. The first-order chi connectivity index (χ1) is 12.3. The Morgan fingerprint density at radius 3 is 2.42 bits per heavy atom. The van der Waals surface area contributed by atoms with Gasteiger partial charge in [-0.3, -0.25) is 9.78 Å². The summed E-state index contributed by atoms with van der Waals surface area (Å²) in [6.45, 7) is 0. The molecule has 2 aromatic carbocycles. The van der Waals surface area contributed by atoms with Gasteiger partial charge >= 0.3 is 0 Å². The molecule has 1 heterocycles. The first kappa shape index (κ1) is 18.1. The number of hydrogen-bond acceptors (Lipinski definition) is 4. The van der Waals surface area contributed by atoms with Crippen molar-refractivity contribution in [1.82, 2.24) is 4.98 Å². The molecule has 3 rings (SSSR count). The quantitative estimate of drug-likeness (QED) is 0.742. The van der Waals surface area contributed by atoms with Crippen LogP contribution < -0.4 is 5.73 Å². The van der Waals surface area contributed by atoms with Crippen LogP contribution in [0.25, 0.3) is 22.4 Å². The molecule has 1 aromatic heterocycles. The number of aromatic nitrogens is 1. The van der Waals surface area contributed by atoms with E-state index in [1.54, 1.807) is 30.5 Å². The second-order valence-corrected chi connectivity index (χ2v) is 8.18. The molecule has 0 aliphatic heterocycles. The van der Waals surface area contributed by atoms with E-state index in [1.807, 2.05) is 12.1 Å². The maximum Gasteiger partial charge on any atom is 0.249 e. The minimum absolute atomic E-state index is 0.104. The first-order valence-electron chi connectivity index (χ1n) is 7.62. The number of pyridine rings is 1. The molecule has 0 atom stereocenters. The van der Waals surface area contributed by atoms with Crippen LogP contribution in [0.1, 0.15) is 10.4 Å². The van der Waals surface area contributed by atoms with E-state index in [0.717, 1.165) is 6.26 Å². The van der Waals surface area contributed by atoms with Gasteiger partial charge in [0.2, 0.25) is 5.91 Å². The van der Waals surface area contributed by atoms with E-state index in [0.29, 0.717) is 27.4 Å². The summed E-state index contributed by atoms with van der Waals surface area (Å²) in [4.78, 5) is 16.2. The molecule has 0 aliphatic rings. The third-order valence-corrected chi connectivity index (χ3v) is 5.34. The molecular weight excluding hydrogens is 372 g/mol. The molecule has 1 amide bonds. The van der Waals surface area contributed by atoms with E-state index in [1.165, 1.54) is 18.2 Å².